The van der Waals surface area contributed by atoms with Crippen LogP contribution in [0.15, 0.2) is 53.9 Å². The standard InChI is InChI=1S/C17H12ClIN2OS/c18-15-7-2-1-6-14(15)17-21-13(10-23-17)9-16(22)20-12-5-3-4-11(19)8-12/h1-8,10H,9H2,(H,20,22). The number of nitrogens with one attached hydrogen (secondary N) is 1. The molecule has 3 rings (SSSR count). The Morgan fingerprint density at radius 3 is 2.83 bits per heavy atom. The Bertz CT molecular complexity index is 850. The van der Waals surface area contributed by atoms with Crippen LogP contribution in [0.5, 0.6) is 0 Å². The van der Waals surface area contributed by atoms with Gasteiger partial charge in [-0.25, -0.2) is 4.98 Å². The Morgan fingerprint density at radius 2 is 2.04 bits per heavy atom. The van der Waals surface area contributed by atoms with Gasteiger partial charge in [-0.2, -0.15) is 0 Å². The van der Waals surface area contributed by atoms with Crippen LogP contribution in [0, 0.1) is 3.57 Å². The molecule has 0 unspecified atom stereocenters. The van der Waals surface area contributed by atoms with Crippen LogP contribution >= 0.6 is 45.5 Å². The van der Waals surface area contributed by atoms with Gasteiger partial charge >= 0.3 is 0 Å². The fourth-order valence-electron chi connectivity index (χ4n) is 2.08. The van der Waals surface area contributed by atoms with E-state index in [2.05, 4.69) is 32.9 Å². The van der Waals surface area contributed by atoms with E-state index in [0.717, 1.165) is 25.5 Å². The average Bonchev–Trinajstić information content (AvgIpc) is 2.95. The molecule has 0 bridgehead atoms. The Morgan fingerprint density at radius 1 is 1.22 bits per heavy atom. The van der Waals surface area contributed by atoms with Crippen molar-refractivity contribution in [2.75, 3.05) is 5.32 Å². The highest BCUT2D eigenvalue weighted by Gasteiger charge is 2.11. The number of carbonyl (C=O) groups excluding carboxylic acids is 1. The summed E-state index contributed by atoms with van der Waals surface area (Å²) in [5.74, 6) is -0.0805. The van der Waals surface area contributed by atoms with E-state index < -0.39 is 0 Å². The summed E-state index contributed by atoms with van der Waals surface area (Å²) in [7, 11) is 0. The number of rotatable bonds is 4. The summed E-state index contributed by atoms with van der Waals surface area (Å²) in [4.78, 5) is 16.6. The second-order valence-corrected chi connectivity index (χ2v) is 7.37. The molecule has 6 heteroatoms. The van der Waals surface area contributed by atoms with Crippen molar-refractivity contribution in [3.8, 4) is 10.6 Å². The lowest BCUT2D eigenvalue weighted by atomic mass is 10.2. The van der Waals surface area contributed by atoms with Gasteiger partial charge in [0.2, 0.25) is 5.91 Å². The summed E-state index contributed by atoms with van der Waals surface area (Å²) in [6.45, 7) is 0. The Balaban J connectivity index is 1.69. The first-order valence-corrected chi connectivity index (χ1v) is 9.20. The average molecular weight is 455 g/mol. The summed E-state index contributed by atoms with van der Waals surface area (Å²) < 4.78 is 1.08. The molecule has 0 aliphatic rings. The molecule has 0 atom stereocenters. The van der Waals surface area contributed by atoms with Gasteiger partial charge in [0, 0.05) is 20.2 Å². The first-order chi connectivity index (χ1) is 11.1. The van der Waals surface area contributed by atoms with Crippen LogP contribution in [-0.4, -0.2) is 10.9 Å². The molecule has 1 aromatic heterocycles. The quantitative estimate of drug-likeness (QED) is 0.547. The van der Waals surface area contributed by atoms with Gasteiger partial charge in [-0.05, 0) is 46.9 Å². The Hall–Kier alpha value is -1.44. The molecule has 0 aliphatic carbocycles. The van der Waals surface area contributed by atoms with E-state index >= 15 is 0 Å². The lowest BCUT2D eigenvalue weighted by Crippen LogP contribution is -2.14. The third-order valence-corrected chi connectivity index (χ3v) is 5.03. The molecule has 0 saturated heterocycles. The fraction of sp³-hybridized carbons (Fsp3) is 0.0588. The molecule has 116 valence electrons. The van der Waals surface area contributed by atoms with Gasteiger partial charge in [-0.1, -0.05) is 35.9 Å². The zero-order valence-corrected chi connectivity index (χ0v) is 15.7. The van der Waals surface area contributed by atoms with Crippen molar-refractivity contribution in [1.29, 1.82) is 0 Å². The van der Waals surface area contributed by atoms with E-state index in [0.29, 0.717) is 5.02 Å². The molecule has 0 radical (unpaired) electrons. The van der Waals surface area contributed by atoms with Crippen LogP contribution in [0.25, 0.3) is 10.6 Å². The van der Waals surface area contributed by atoms with Crippen molar-refractivity contribution in [2.45, 2.75) is 6.42 Å². The number of hydrogen-bond acceptors (Lipinski definition) is 3. The lowest BCUT2D eigenvalue weighted by Gasteiger charge is -2.04. The zero-order valence-electron chi connectivity index (χ0n) is 11.9. The SMILES string of the molecule is O=C(Cc1csc(-c2ccccc2Cl)n1)Nc1cccc(I)c1. The summed E-state index contributed by atoms with van der Waals surface area (Å²) in [5, 5.41) is 6.27. The van der Waals surface area contributed by atoms with Crippen molar-refractivity contribution in [1.82, 2.24) is 4.98 Å². The van der Waals surface area contributed by atoms with Crippen LogP contribution in [0.3, 0.4) is 0 Å². The van der Waals surface area contributed by atoms with Crippen molar-refractivity contribution in [3.05, 3.63) is 68.2 Å². The van der Waals surface area contributed by atoms with E-state index in [1.807, 2.05) is 53.9 Å². The number of halogens is 2. The van der Waals surface area contributed by atoms with Gasteiger partial charge in [0.1, 0.15) is 5.01 Å². The largest absolute Gasteiger partial charge is 0.326 e. The number of aromatic nitrogens is 1. The van der Waals surface area contributed by atoms with Crippen molar-refractivity contribution in [2.24, 2.45) is 0 Å². The molecular formula is C17H12ClIN2OS. The molecule has 1 amide bonds. The molecule has 23 heavy (non-hydrogen) atoms. The third-order valence-electron chi connectivity index (χ3n) is 3.11. The second-order valence-electron chi connectivity index (χ2n) is 4.86. The second kappa shape index (κ2) is 7.42. The topological polar surface area (TPSA) is 42.0 Å². The minimum Gasteiger partial charge on any atom is -0.326 e. The van der Waals surface area contributed by atoms with Gasteiger partial charge in [0.25, 0.3) is 0 Å². The number of anilines is 1. The number of nitrogens with zero attached hydrogens (tertiary/aromatic N) is 1. The molecule has 1 heterocycles. The van der Waals surface area contributed by atoms with E-state index in [1.54, 1.807) is 0 Å². The highest BCUT2D eigenvalue weighted by atomic mass is 127. The Labute approximate surface area is 156 Å². The summed E-state index contributed by atoms with van der Waals surface area (Å²) in [5.41, 5.74) is 2.43. The first-order valence-electron chi connectivity index (χ1n) is 6.86. The van der Waals surface area contributed by atoms with Gasteiger partial charge in [-0.15, -0.1) is 11.3 Å². The van der Waals surface area contributed by atoms with Crippen molar-refractivity contribution < 1.29 is 4.79 Å². The maximum absolute atomic E-state index is 12.1. The molecule has 3 aromatic rings. The number of carbonyl (C=O) groups is 1. The van der Waals surface area contributed by atoms with Crippen molar-refractivity contribution >= 4 is 57.1 Å². The number of hydrogen-bond donors (Lipinski definition) is 1. The molecule has 0 fully saturated rings. The minimum absolute atomic E-state index is 0.0805. The zero-order chi connectivity index (χ0) is 16.2. The predicted octanol–water partition coefficient (Wildman–Crippen LogP) is 5.25. The van der Waals surface area contributed by atoms with Crippen LogP contribution in [-0.2, 0) is 11.2 Å². The fourth-order valence-corrected chi connectivity index (χ4v) is 3.77. The normalized spacial score (nSPS) is 10.5. The monoisotopic (exact) mass is 454 g/mol. The maximum Gasteiger partial charge on any atom is 0.230 e. The number of benzene rings is 2. The van der Waals surface area contributed by atoms with Gasteiger partial charge in [0.05, 0.1) is 17.1 Å². The highest BCUT2D eigenvalue weighted by Crippen LogP contribution is 2.30. The molecular weight excluding hydrogens is 443 g/mol. The van der Waals surface area contributed by atoms with Gasteiger partial charge < -0.3 is 5.32 Å². The molecule has 3 nitrogen and oxygen atoms in total. The number of amides is 1. The maximum atomic E-state index is 12.1. The van der Waals surface area contributed by atoms with Crippen LogP contribution in [0.4, 0.5) is 5.69 Å². The number of thiazole rings is 1. The van der Waals surface area contributed by atoms with E-state index in [9.17, 15) is 4.79 Å². The molecule has 1 N–H and O–H groups in total. The lowest BCUT2D eigenvalue weighted by molar-refractivity contribution is -0.115. The Kier molecular flexibility index (Phi) is 5.30. The van der Waals surface area contributed by atoms with E-state index in [1.165, 1.54) is 11.3 Å². The summed E-state index contributed by atoms with van der Waals surface area (Å²) in [6, 6.07) is 15.3. The van der Waals surface area contributed by atoms with Crippen LogP contribution < -0.4 is 5.32 Å². The predicted molar refractivity (Wildman–Crippen MR) is 104 cm³/mol. The minimum atomic E-state index is -0.0805. The van der Waals surface area contributed by atoms with Gasteiger partial charge in [0.15, 0.2) is 0 Å². The van der Waals surface area contributed by atoms with Crippen LogP contribution in [0.2, 0.25) is 5.02 Å². The molecule has 0 aliphatic heterocycles. The smallest absolute Gasteiger partial charge is 0.230 e. The summed E-state index contributed by atoms with van der Waals surface area (Å²) >= 11 is 9.89. The van der Waals surface area contributed by atoms with Crippen molar-refractivity contribution in [3.63, 3.8) is 0 Å². The first kappa shape index (κ1) is 16.4. The van der Waals surface area contributed by atoms with Gasteiger partial charge in [-0.3, -0.25) is 4.79 Å². The van der Waals surface area contributed by atoms with E-state index in [-0.39, 0.29) is 12.3 Å². The molecule has 0 saturated carbocycles. The van der Waals surface area contributed by atoms with E-state index in [4.69, 9.17) is 11.6 Å². The molecule has 2 aromatic carbocycles. The van der Waals surface area contributed by atoms with Crippen LogP contribution in [0.1, 0.15) is 5.69 Å². The third kappa shape index (κ3) is 4.31. The highest BCUT2D eigenvalue weighted by molar-refractivity contribution is 14.1. The summed E-state index contributed by atoms with van der Waals surface area (Å²) in [6.07, 6.45) is 0.242. The molecule has 0 spiro atoms.